The molecule has 0 atom stereocenters. The highest BCUT2D eigenvalue weighted by atomic mass is 15.1. The summed E-state index contributed by atoms with van der Waals surface area (Å²) in [5.41, 5.74) is 12.5. The van der Waals surface area contributed by atoms with E-state index in [9.17, 15) is 0 Å². The van der Waals surface area contributed by atoms with E-state index < -0.39 is 0 Å². The molecule has 4 rings (SSSR count). The molecule has 0 amide bonds. The van der Waals surface area contributed by atoms with Crippen molar-refractivity contribution >= 4 is 23.0 Å². The number of aromatic nitrogens is 2. The van der Waals surface area contributed by atoms with Gasteiger partial charge in [-0.2, -0.15) is 0 Å². The number of rotatable bonds is 6. The first kappa shape index (κ1) is 19.5. The van der Waals surface area contributed by atoms with Crippen LogP contribution in [0.5, 0.6) is 0 Å². The zero-order valence-corrected chi connectivity index (χ0v) is 17.1. The molecule has 5 nitrogen and oxygen atoms in total. The van der Waals surface area contributed by atoms with E-state index in [1.807, 2.05) is 42.5 Å². The van der Waals surface area contributed by atoms with Gasteiger partial charge in [0.25, 0.3) is 0 Å². The molecule has 0 aliphatic rings. The van der Waals surface area contributed by atoms with Gasteiger partial charge < -0.3 is 16.4 Å². The molecule has 0 unspecified atom stereocenters. The predicted molar refractivity (Wildman–Crippen MR) is 124 cm³/mol. The fourth-order valence-corrected chi connectivity index (χ4v) is 3.48. The zero-order chi connectivity index (χ0) is 20.9. The number of nitrogen functional groups attached to an aromatic ring is 1. The van der Waals surface area contributed by atoms with Crippen molar-refractivity contribution in [1.29, 1.82) is 0 Å². The Labute approximate surface area is 177 Å². The lowest BCUT2D eigenvalue weighted by molar-refractivity contribution is 0.924. The summed E-state index contributed by atoms with van der Waals surface area (Å²) >= 11 is 0. The number of hydrogen-bond donors (Lipinski definition) is 3. The fourth-order valence-electron chi connectivity index (χ4n) is 3.48. The Morgan fingerprint density at radius 2 is 1.37 bits per heavy atom. The highest BCUT2D eigenvalue weighted by Crippen LogP contribution is 2.32. The molecular formula is C25H25N5. The van der Waals surface area contributed by atoms with E-state index in [1.165, 1.54) is 11.9 Å². The highest BCUT2D eigenvalue weighted by molar-refractivity contribution is 5.78. The Balaban J connectivity index is 1.67. The van der Waals surface area contributed by atoms with E-state index in [-0.39, 0.29) is 6.04 Å². The predicted octanol–water partition coefficient (Wildman–Crippen LogP) is 5.62. The van der Waals surface area contributed by atoms with Crippen molar-refractivity contribution in [2.45, 2.75) is 19.9 Å². The summed E-state index contributed by atoms with van der Waals surface area (Å²) in [4.78, 5) is 8.78. The molecule has 0 radical (unpaired) electrons. The van der Waals surface area contributed by atoms with Crippen LogP contribution < -0.4 is 16.4 Å². The van der Waals surface area contributed by atoms with Crippen LogP contribution in [-0.2, 0) is 0 Å². The van der Waals surface area contributed by atoms with Gasteiger partial charge in [-0.25, -0.2) is 9.97 Å². The largest absolute Gasteiger partial charge is 0.393 e. The van der Waals surface area contributed by atoms with Crippen LogP contribution in [0.25, 0.3) is 0 Å². The number of nitrogens with zero attached hydrogens (tertiary/aromatic N) is 2. The molecule has 0 aliphatic carbocycles. The SMILES string of the molecule is Cc1ccc(Nc2ncnc(NC(c3ccccc3)c3ccccc3)c2N)c(C)c1. The van der Waals surface area contributed by atoms with Crippen LogP contribution in [0.15, 0.2) is 85.2 Å². The van der Waals surface area contributed by atoms with Gasteiger partial charge in [-0.1, -0.05) is 78.4 Å². The lowest BCUT2D eigenvalue weighted by atomic mass is 9.99. The maximum atomic E-state index is 6.47. The maximum Gasteiger partial charge on any atom is 0.159 e. The van der Waals surface area contributed by atoms with E-state index in [0.717, 1.165) is 22.4 Å². The number of hydrogen-bond acceptors (Lipinski definition) is 5. The Hall–Kier alpha value is -3.86. The number of benzene rings is 3. The summed E-state index contributed by atoms with van der Waals surface area (Å²) in [6, 6.07) is 26.7. The normalized spacial score (nSPS) is 10.8. The minimum atomic E-state index is -0.0847. The summed E-state index contributed by atoms with van der Waals surface area (Å²) in [7, 11) is 0. The molecule has 5 heteroatoms. The van der Waals surface area contributed by atoms with Gasteiger partial charge in [-0.05, 0) is 36.6 Å². The summed E-state index contributed by atoms with van der Waals surface area (Å²) < 4.78 is 0. The molecule has 150 valence electrons. The Bertz CT molecular complexity index is 1090. The first-order chi connectivity index (χ1) is 14.6. The van der Waals surface area contributed by atoms with Gasteiger partial charge in [0.05, 0.1) is 6.04 Å². The molecule has 0 saturated heterocycles. The number of aryl methyl sites for hydroxylation is 2. The first-order valence-electron chi connectivity index (χ1n) is 9.93. The van der Waals surface area contributed by atoms with Crippen molar-refractivity contribution in [2.75, 3.05) is 16.4 Å². The minimum Gasteiger partial charge on any atom is -0.393 e. The molecule has 1 heterocycles. The second-order valence-corrected chi connectivity index (χ2v) is 7.33. The molecule has 4 N–H and O–H groups in total. The van der Waals surface area contributed by atoms with Crippen LogP contribution in [0.2, 0.25) is 0 Å². The molecule has 30 heavy (non-hydrogen) atoms. The second kappa shape index (κ2) is 8.66. The zero-order valence-electron chi connectivity index (χ0n) is 17.1. The van der Waals surface area contributed by atoms with Crippen LogP contribution in [0.3, 0.4) is 0 Å². The first-order valence-corrected chi connectivity index (χ1v) is 9.93. The average Bonchev–Trinajstić information content (AvgIpc) is 2.77. The van der Waals surface area contributed by atoms with Crippen LogP contribution in [0.1, 0.15) is 28.3 Å². The fraction of sp³-hybridized carbons (Fsp3) is 0.120. The molecular weight excluding hydrogens is 370 g/mol. The third kappa shape index (κ3) is 4.25. The van der Waals surface area contributed by atoms with Crippen molar-refractivity contribution < 1.29 is 0 Å². The molecule has 0 fully saturated rings. The van der Waals surface area contributed by atoms with E-state index in [4.69, 9.17) is 5.73 Å². The molecule has 0 saturated carbocycles. The van der Waals surface area contributed by atoms with Crippen LogP contribution in [-0.4, -0.2) is 9.97 Å². The Morgan fingerprint density at radius 1 is 0.767 bits per heavy atom. The average molecular weight is 396 g/mol. The second-order valence-electron chi connectivity index (χ2n) is 7.33. The van der Waals surface area contributed by atoms with Gasteiger partial charge in [0, 0.05) is 5.69 Å². The van der Waals surface area contributed by atoms with E-state index in [1.54, 1.807) is 0 Å². The summed E-state index contributed by atoms with van der Waals surface area (Å²) in [5.74, 6) is 1.18. The topological polar surface area (TPSA) is 75.9 Å². The van der Waals surface area contributed by atoms with Crippen molar-refractivity contribution in [3.8, 4) is 0 Å². The summed E-state index contributed by atoms with van der Waals surface area (Å²) in [5, 5.41) is 6.86. The molecule has 1 aromatic heterocycles. The van der Waals surface area contributed by atoms with Gasteiger partial charge in [-0.3, -0.25) is 0 Å². The summed E-state index contributed by atoms with van der Waals surface area (Å²) in [6.07, 6.45) is 1.53. The Morgan fingerprint density at radius 3 is 1.97 bits per heavy atom. The molecule has 4 aromatic rings. The third-order valence-electron chi connectivity index (χ3n) is 5.07. The van der Waals surface area contributed by atoms with E-state index in [0.29, 0.717) is 17.3 Å². The highest BCUT2D eigenvalue weighted by Gasteiger charge is 2.17. The monoisotopic (exact) mass is 395 g/mol. The number of nitrogens with two attached hydrogens (primary N) is 1. The lowest BCUT2D eigenvalue weighted by Gasteiger charge is -2.22. The van der Waals surface area contributed by atoms with Crippen molar-refractivity contribution in [1.82, 2.24) is 9.97 Å². The smallest absolute Gasteiger partial charge is 0.159 e. The summed E-state index contributed by atoms with van der Waals surface area (Å²) in [6.45, 7) is 4.14. The molecule has 0 spiro atoms. The van der Waals surface area contributed by atoms with Crippen LogP contribution in [0.4, 0.5) is 23.0 Å². The van der Waals surface area contributed by atoms with Gasteiger partial charge in [0.2, 0.25) is 0 Å². The minimum absolute atomic E-state index is 0.0847. The van der Waals surface area contributed by atoms with Gasteiger partial charge >= 0.3 is 0 Å². The number of nitrogens with one attached hydrogen (secondary N) is 2. The standard InChI is InChI=1S/C25H25N5/c1-17-13-14-21(18(2)15-17)29-24-22(26)25(28-16-27-24)30-23(19-9-5-3-6-10-19)20-11-7-4-8-12-20/h3-16,23H,26H2,1-2H3,(H2,27,28,29,30). The van der Waals surface area contributed by atoms with Gasteiger partial charge in [0.1, 0.15) is 12.0 Å². The maximum absolute atomic E-state index is 6.47. The van der Waals surface area contributed by atoms with E-state index >= 15 is 0 Å². The van der Waals surface area contributed by atoms with Crippen molar-refractivity contribution in [3.05, 3.63) is 107 Å². The van der Waals surface area contributed by atoms with E-state index in [2.05, 4.69) is 70.8 Å². The number of anilines is 4. The van der Waals surface area contributed by atoms with Gasteiger partial charge in [0.15, 0.2) is 11.6 Å². The Kier molecular flexibility index (Phi) is 5.61. The van der Waals surface area contributed by atoms with Crippen molar-refractivity contribution in [2.24, 2.45) is 0 Å². The molecule has 0 bridgehead atoms. The lowest BCUT2D eigenvalue weighted by Crippen LogP contribution is -2.15. The third-order valence-corrected chi connectivity index (χ3v) is 5.07. The van der Waals surface area contributed by atoms with Crippen molar-refractivity contribution in [3.63, 3.8) is 0 Å². The van der Waals surface area contributed by atoms with Crippen LogP contribution in [0, 0.1) is 13.8 Å². The molecule has 3 aromatic carbocycles. The van der Waals surface area contributed by atoms with Gasteiger partial charge in [-0.15, -0.1) is 0 Å². The van der Waals surface area contributed by atoms with Crippen LogP contribution >= 0.6 is 0 Å². The molecule has 0 aliphatic heterocycles. The quantitative estimate of drug-likeness (QED) is 0.395.